The van der Waals surface area contributed by atoms with Gasteiger partial charge in [-0.05, 0) is 43.8 Å². The normalized spacial score (nSPS) is 12.7. The molecule has 8 heteroatoms. The molecule has 0 saturated carbocycles. The van der Waals surface area contributed by atoms with E-state index in [1.165, 1.54) is 11.1 Å². The third-order valence-corrected chi connectivity index (χ3v) is 4.88. The average molecular weight is 507 g/mol. The fourth-order valence-corrected chi connectivity index (χ4v) is 3.16. The number of guanidine groups is 1. The summed E-state index contributed by atoms with van der Waals surface area (Å²) in [6.07, 6.45) is 3.02. The molecule has 0 bridgehead atoms. The molecule has 0 amide bonds. The molecule has 2 N–H and O–H groups in total. The highest BCUT2D eigenvalue weighted by Crippen LogP contribution is 2.18. The standard InChI is InChI=1S/C21H29N7.HI/c1-5-16-9-11-17(12-10-16)18(27(3)4)14-23-21(22-2)24-15-20-26-25-19-8-6-7-13-28(19)20;/h6-13,18H,5,14-15H2,1-4H3,(H2,22,23,24);1H. The first kappa shape index (κ1) is 23.1. The number of hydrogen-bond donors (Lipinski definition) is 2. The molecule has 29 heavy (non-hydrogen) atoms. The summed E-state index contributed by atoms with van der Waals surface area (Å²) in [6.45, 7) is 3.47. The van der Waals surface area contributed by atoms with Crippen LogP contribution in [-0.4, -0.2) is 53.1 Å². The molecule has 0 spiro atoms. The monoisotopic (exact) mass is 507 g/mol. The molecule has 3 aromatic rings. The summed E-state index contributed by atoms with van der Waals surface area (Å²) in [4.78, 5) is 6.55. The zero-order valence-corrected chi connectivity index (χ0v) is 19.8. The number of fused-ring (bicyclic) bond motifs is 1. The van der Waals surface area contributed by atoms with Gasteiger partial charge in [0, 0.05) is 19.8 Å². The van der Waals surface area contributed by atoms with E-state index in [-0.39, 0.29) is 30.0 Å². The van der Waals surface area contributed by atoms with Crippen LogP contribution in [0.25, 0.3) is 5.65 Å². The predicted molar refractivity (Wildman–Crippen MR) is 129 cm³/mol. The van der Waals surface area contributed by atoms with Gasteiger partial charge in [-0.2, -0.15) is 0 Å². The molecular formula is C21H30IN7. The Balaban J connectivity index is 0.00000300. The highest BCUT2D eigenvalue weighted by atomic mass is 127. The number of aliphatic imine (C=N–C) groups is 1. The minimum atomic E-state index is 0. The smallest absolute Gasteiger partial charge is 0.191 e. The second-order valence-corrected chi connectivity index (χ2v) is 6.93. The minimum absolute atomic E-state index is 0. The van der Waals surface area contributed by atoms with Crippen LogP contribution in [-0.2, 0) is 13.0 Å². The number of rotatable bonds is 7. The second kappa shape index (κ2) is 11.1. The Morgan fingerprint density at radius 1 is 1.10 bits per heavy atom. The highest BCUT2D eigenvalue weighted by Gasteiger charge is 2.15. The number of benzene rings is 1. The van der Waals surface area contributed by atoms with E-state index in [4.69, 9.17) is 0 Å². The molecule has 1 aromatic carbocycles. The van der Waals surface area contributed by atoms with E-state index in [1.54, 1.807) is 7.05 Å². The van der Waals surface area contributed by atoms with Gasteiger partial charge < -0.3 is 15.5 Å². The lowest BCUT2D eigenvalue weighted by Gasteiger charge is -2.26. The third kappa shape index (κ3) is 5.89. The van der Waals surface area contributed by atoms with Gasteiger partial charge in [0.05, 0.1) is 12.6 Å². The summed E-state index contributed by atoms with van der Waals surface area (Å²) in [7, 11) is 5.97. The Morgan fingerprint density at radius 2 is 1.86 bits per heavy atom. The first-order valence-corrected chi connectivity index (χ1v) is 9.60. The fraction of sp³-hybridized carbons (Fsp3) is 0.381. The van der Waals surface area contributed by atoms with Gasteiger partial charge in [-0.1, -0.05) is 37.3 Å². The quantitative estimate of drug-likeness (QED) is 0.293. The summed E-state index contributed by atoms with van der Waals surface area (Å²) in [5.74, 6) is 1.59. The molecule has 3 rings (SSSR count). The Morgan fingerprint density at radius 3 is 2.52 bits per heavy atom. The number of aryl methyl sites for hydroxylation is 1. The number of aromatic nitrogens is 3. The van der Waals surface area contributed by atoms with Crippen LogP contribution >= 0.6 is 24.0 Å². The predicted octanol–water partition coefficient (Wildman–Crippen LogP) is 2.88. The Hall–Kier alpha value is -2.20. The number of hydrogen-bond acceptors (Lipinski definition) is 4. The molecule has 2 heterocycles. The number of nitrogens with zero attached hydrogens (tertiary/aromatic N) is 5. The van der Waals surface area contributed by atoms with Gasteiger partial charge >= 0.3 is 0 Å². The molecule has 0 aliphatic heterocycles. The van der Waals surface area contributed by atoms with E-state index >= 15 is 0 Å². The largest absolute Gasteiger partial charge is 0.354 e. The molecule has 1 unspecified atom stereocenters. The van der Waals surface area contributed by atoms with Crippen molar-refractivity contribution in [3.05, 3.63) is 65.6 Å². The molecule has 0 saturated heterocycles. The molecule has 2 aromatic heterocycles. The zero-order valence-electron chi connectivity index (χ0n) is 17.5. The van der Waals surface area contributed by atoms with Gasteiger partial charge in [0.25, 0.3) is 0 Å². The first-order valence-electron chi connectivity index (χ1n) is 9.60. The molecule has 7 nitrogen and oxygen atoms in total. The Labute approximate surface area is 189 Å². The maximum atomic E-state index is 4.34. The van der Waals surface area contributed by atoms with Crippen molar-refractivity contribution < 1.29 is 0 Å². The lowest BCUT2D eigenvalue weighted by molar-refractivity contribution is 0.298. The van der Waals surface area contributed by atoms with E-state index in [1.807, 2.05) is 28.8 Å². The molecule has 0 fully saturated rings. The average Bonchev–Trinajstić information content (AvgIpc) is 3.14. The van der Waals surface area contributed by atoms with Crippen LogP contribution in [0.2, 0.25) is 0 Å². The Bertz CT molecular complexity index is 918. The number of halogens is 1. The van der Waals surface area contributed by atoms with Gasteiger partial charge in [-0.25, -0.2) is 0 Å². The van der Waals surface area contributed by atoms with Crippen LogP contribution in [0.4, 0.5) is 0 Å². The molecule has 0 aliphatic carbocycles. The maximum Gasteiger partial charge on any atom is 0.191 e. The highest BCUT2D eigenvalue weighted by molar-refractivity contribution is 14.0. The van der Waals surface area contributed by atoms with Crippen molar-refractivity contribution in [3.63, 3.8) is 0 Å². The number of likely N-dealkylation sites (N-methyl/N-ethyl adjacent to an activating group) is 1. The van der Waals surface area contributed by atoms with E-state index < -0.39 is 0 Å². The molecule has 156 valence electrons. The second-order valence-electron chi connectivity index (χ2n) is 6.93. The van der Waals surface area contributed by atoms with Gasteiger partial charge in [0.2, 0.25) is 0 Å². The van der Waals surface area contributed by atoms with Crippen LogP contribution in [0.1, 0.15) is 29.9 Å². The van der Waals surface area contributed by atoms with Crippen molar-refractivity contribution in [1.82, 2.24) is 30.1 Å². The Kier molecular flexibility index (Phi) is 8.84. The lowest BCUT2D eigenvalue weighted by Crippen LogP contribution is -2.41. The van der Waals surface area contributed by atoms with Crippen molar-refractivity contribution in [2.75, 3.05) is 27.7 Å². The van der Waals surface area contributed by atoms with Crippen LogP contribution in [0.3, 0.4) is 0 Å². The summed E-state index contributed by atoms with van der Waals surface area (Å²) >= 11 is 0. The van der Waals surface area contributed by atoms with Crippen LogP contribution in [0.15, 0.2) is 53.7 Å². The minimum Gasteiger partial charge on any atom is -0.354 e. The summed E-state index contributed by atoms with van der Waals surface area (Å²) in [6, 6.07) is 14.9. The van der Waals surface area contributed by atoms with Crippen molar-refractivity contribution in [1.29, 1.82) is 0 Å². The van der Waals surface area contributed by atoms with E-state index in [0.717, 1.165) is 30.4 Å². The third-order valence-electron chi connectivity index (χ3n) is 4.88. The lowest BCUT2D eigenvalue weighted by atomic mass is 10.0. The molecule has 0 aliphatic rings. The first-order chi connectivity index (χ1) is 13.6. The van der Waals surface area contributed by atoms with Gasteiger partial charge in [0.1, 0.15) is 0 Å². The van der Waals surface area contributed by atoms with Gasteiger partial charge in [0.15, 0.2) is 17.4 Å². The van der Waals surface area contributed by atoms with Crippen LogP contribution in [0, 0.1) is 0 Å². The summed E-state index contributed by atoms with van der Waals surface area (Å²) in [5.41, 5.74) is 3.48. The van der Waals surface area contributed by atoms with Gasteiger partial charge in [-0.3, -0.25) is 9.39 Å². The van der Waals surface area contributed by atoms with Crippen molar-refractivity contribution in [2.24, 2.45) is 4.99 Å². The van der Waals surface area contributed by atoms with E-state index in [2.05, 4.69) is 76.0 Å². The topological polar surface area (TPSA) is 69.8 Å². The number of nitrogens with one attached hydrogen (secondary N) is 2. The van der Waals surface area contributed by atoms with Crippen molar-refractivity contribution >= 4 is 35.6 Å². The van der Waals surface area contributed by atoms with E-state index in [0.29, 0.717) is 6.54 Å². The van der Waals surface area contributed by atoms with Crippen LogP contribution in [0.5, 0.6) is 0 Å². The maximum absolute atomic E-state index is 4.34. The van der Waals surface area contributed by atoms with Crippen molar-refractivity contribution in [3.8, 4) is 0 Å². The molecule has 1 atom stereocenters. The van der Waals surface area contributed by atoms with Gasteiger partial charge in [-0.15, -0.1) is 34.2 Å². The van der Waals surface area contributed by atoms with Crippen LogP contribution < -0.4 is 10.6 Å². The number of pyridine rings is 1. The summed E-state index contributed by atoms with van der Waals surface area (Å²) < 4.78 is 1.97. The summed E-state index contributed by atoms with van der Waals surface area (Å²) in [5, 5.41) is 15.2. The van der Waals surface area contributed by atoms with E-state index in [9.17, 15) is 0 Å². The fourth-order valence-electron chi connectivity index (χ4n) is 3.16. The zero-order chi connectivity index (χ0) is 19.9. The molecular weight excluding hydrogens is 477 g/mol. The van der Waals surface area contributed by atoms with Crippen molar-refractivity contribution in [2.45, 2.75) is 25.9 Å². The SMILES string of the molecule is CCc1ccc(C(CNC(=NC)NCc2nnc3ccccn23)N(C)C)cc1.I. The molecule has 0 radical (unpaired) electrons.